The minimum Gasteiger partial charge on any atom is -0.463 e. The SMILES string of the molecule is Cc1oc(=O)oc1COC(=O)SC(C)(C)[C@@H](NC(=O)c1ccccc1)C(=O)OCCN1CCOCC1. The highest BCUT2D eigenvalue weighted by Crippen LogP contribution is 2.31. The van der Waals surface area contributed by atoms with Crippen molar-refractivity contribution in [3.63, 3.8) is 0 Å². The van der Waals surface area contributed by atoms with Gasteiger partial charge < -0.3 is 28.4 Å². The summed E-state index contributed by atoms with van der Waals surface area (Å²) < 4.78 is 24.4. The molecule has 2 heterocycles. The quantitative estimate of drug-likeness (QED) is 0.460. The fraction of sp³-hybridized carbons (Fsp3) is 0.500. The second kappa shape index (κ2) is 12.7. The number of carbonyl (C=O) groups excluding carboxylic acids is 3. The van der Waals surface area contributed by atoms with Crippen molar-refractivity contribution in [1.82, 2.24) is 10.2 Å². The molecule has 1 amide bonds. The first-order valence-electron chi connectivity index (χ1n) is 11.4. The molecular weight excluding hydrogens is 492 g/mol. The molecule has 0 aliphatic carbocycles. The molecule has 1 N–H and O–H groups in total. The first kappa shape index (κ1) is 27.5. The zero-order valence-electron chi connectivity index (χ0n) is 20.4. The molecule has 1 atom stereocenters. The lowest BCUT2D eigenvalue weighted by atomic mass is 10.0. The van der Waals surface area contributed by atoms with Crippen molar-refractivity contribution in [3.8, 4) is 0 Å². The van der Waals surface area contributed by atoms with Gasteiger partial charge in [0.2, 0.25) is 0 Å². The van der Waals surface area contributed by atoms with Crippen LogP contribution in [0, 0.1) is 6.92 Å². The van der Waals surface area contributed by atoms with E-state index >= 15 is 0 Å². The lowest BCUT2D eigenvalue weighted by Crippen LogP contribution is -2.54. The van der Waals surface area contributed by atoms with E-state index in [2.05, 4.69) is 10.2 Å². The Morgan fingerprint density at radius 1 is 1.11 bits per heavy atom. The van der Waals surface area contributed by atoms with Crippen LogP contribution >= 0.6 is 11.8 Å². The number of thioether (sulfide) groups is 1. The summed E-state index contributed by atoms with van der Waals surface area (Å²) in [6.07, 6.45) is 0. The maximum absolute atomic E-state index is 13.1. The van der Waals surface area contributed by atoms with E-state index < -0.39 is 33.8 Å². The number of esters is 1. The minimum absolute atomic E-state index is 0.0863. The normalized spacial score (nSPS) is 15.2. The van der Waals surface area contributed by atoms with Gasteiger partial charge in [-0.15, -0.1) is 0 Å². The lowest BCUT2D eigenvalue weighted by molar-refractivity contribution is -0.147. The number of hydrogen-bond acceptors (Lipinski definition) is 11. The van der Waals surface area contributed by atoms with E-state index in [0.717, 1.165) is 13.1 Å². The van der Waals surface area contributed by atoms with E-state index in [0.29, 0.717) is 37.1 Å². The van der Waals surface area contributed by atoms with E-state index in [1.807, 2.05) is 0 Å². The van der Waals surface area contributed by atoms with Crippen LogP contribution in [0.4, 0.5) is 4.79 Å². The van der Waals surface area contributed by atoms with Crippen LogP contribution in [0.2, 0.25) is 0 Å². The lowest BCUT2D eigenvalue weighted by Gasteiger charge is -2.32. The smallest absolute Gasteiger partial charge is 0.463 e. The number of carbonyl (C=O) groups is 3. The summed E-state index contributed by atoms with van der Waals surface area (Å²) in [7, 11) is 0. The van der Waals surface area contributed by atoms with Crippen LogP contribution in [0.1, 0.15) is 35.7 Å². The molecule has 1 saturated heterocycles. The zero-order chi connectivity index (χ0) is 26.1. The van der Waals surface area contributed by atoms with Crippen molar-refractivity contribution in [1.29, 1.82) is 0 Å². The van der Waals surface area contributed by atoms with Gasteiger partial charge >= 0.3 is 17.1 Å². The molecule has 196 valence electrons. The van der Waals surface area contributed by atoms with E-state index in [4.69, 9.17) is 23.0 Å². The number of benzene rings is 1. The molecule has 1 aliphatic rings. The van der Waals surface area contributed by atoms with Crippen molar-refractivity contribution in [3.05, 3.63) is 58.0 Å². The van der Waals surface area contributed by atoms with Crippen molar-refractivity contribution in [2.45, 2.75) is 38.2 Å². The Morgan fingerprint density at radius 3 is 2.44 bits per heavy atom. The number of nitrogens with zero attached hydrogens (tertiary/aromatic N) is 1. The van der Waals surface area contributed by atoms with Crippen LogP contribution in [-0.4, -0.2) is 72.3 Å². The number of rotatable bonds is 10. The van der Waals surface area contributed by atoms with Gasteiger partial charge in [0.15, 0.2) is 18.1 Å². The standard InChI is InChI=1S/C24H30N2O9S/c1-16-18(35-22(29)34-16)15-33-23(30)36-24(2,3)19(25-20(27)17-7-5-4-6-8-17)21(28)32-14-11-26-9-12-31-13-10-26/h4-8,19H,9-15H2,1-3H3,(H,25,27)/t19-/m0/s1. The maximum Gasteiger partial charge on any atom is 0.519 e. The summed E-state index contributed by atoms with van der Waals surface area (Å²) in [4.78, 5) is 51.8. The average Bonchev–Trinajstić information content (AvgIpc) is 3.18. The van der Waals surface area contributed by atoms with Crippen molar-refractivity contribution in [2.75, 3.05) is 39.5 Å². The molecule has 3 rings (SSSR count). The minimum atomic E-state index is -1.17. The number of aryl methyl sites for hydroxylation is 1. The molecule has 36 heavy (non-hydrogen) atoms. The van der Waals surface area contributed by atoms with Crippen LogP contribution in [0.3, 0.4) is 0 Å². The van der Waals surface area contributed by atoms with E-state index in [-0.39, 0.29) is 24.7 Å². The molecule has 12 heteroatoms. The molecule has 2 aromatic rings. The molecule has 0 spiro atoms. The summed E-state index contributed by atoms with van der Waals surface area (Å²) >= 11 is 0.715. The fourth-order valence-corrected chi connectivity index (χ4v) is 4.26. The third-order valence-corrected chi connectivity index (χ3v) is 6.55. The van der Waals surface area contributed by atoms with Crippen LogP contribution in [0.25, 0.3) is 0 Å². The van der Waals surface area contributed by atoms with E-state index in [1.165, 1.54) is 6.92 Å². The molecule has 0 radical (unpaired) electrons. The fourth-order valence-electron chi connectivity index (χ4n) is 3.44. The van der Waals surface area contributed by atoms with Crippen molar-refractivity contribution >= 4 is 28.9 Å². The number of morpholine rings is 1. The number of ether oxygens (including phenoxy) is 3. The van der Waals surface area contributed by atoms with E-state index in [1.54, 1.807) is 44.2 Å². The topological polar surface area (TPSA) is 138 Å². The first-order valence-corrected chi connectivity index (χ1v) is 12.2. The number of amides is 1. The summed E-state index contributed by atoms with van der Waals surface area (Å²) in [6, 6.07) is 7.25. The summed E-state index contributed by atoms with van der Waals surface area (Å²) in [6.45, 7) is 7.83. The molecule has 0 saturated carbocycles. The molecule has 1 aromatic carbocycles. The van der Waals surface area contributed by atoms with Gasteiger partial charge in [0.25, 0.3) is 5.91 Å². The third kappa shape index (κ3) is 7.97. The van der Waals surface area contributed by atoms with Gasteiger partial charge in [-0.3, -0.25) is 9.69 Å². The predicted octanol–water partition coefficient (Wildman–Crippen LogP) is 2.36. The average molecular weight is 523 g/mol. The van der Waals surface area contributed by atoms with Crippen LogP contribution < -0.4 is 11.1 Å². The van der Waals surface area contributed by atoms with Crippen LogP contribution in [-0.2, 0) is 25.6 Å². The Morgan fingerprint density at radius 2 is 1.81 bits per heavy atom. The van der Waals surface area contributed by atoms with Gasteiger partial charge in [-0.2, -0.15) is 0 Å². The number of nitrogens with one attached hydrogen (secondary N) is 1. The molecule has 11 nitrogen and oxygen atoms in total. The predicted molar refractivity (Wildman–Crippen MR) is 130 cm³/mol. The van der Waals surface area contributed by atoms with E-state index in [9.17, 15) is 19.2 Å². The maximum atomic E-state index is 13.1. The molecular formula is C24H30N2O9S. The van der Waals surface area contributed by atoms with Gasteiger partial charge in [0.05, 0.1) is 18.0 Å². The van der Waals surface area contributed by atoms with Crippen LogP contribution in [0.5, 0.6) is 0 Å². The van der Waals surface area contributed by atoms with Gasteiger partial charge in [0, 0.05) is 25.2 Å². The molecule has 1 aromatic heterocycles. The zero-order valence-corrected chi connectivity index (χ0v) is 21.3. The summed E-state index contributed by atoms with van der Waals surface area (Å²) in [5.41, 5.74) is 0.359. The molecule has 1 fully saturated rings. The van der Waals surface area contributed by atoms with Crippen molar-refractivity contribution < 1.29 is 37.4 Å². The Bertz CT molecular complexity index is 1090. The Kier molecular flexibility index (Phi) is 9.73. The van der Waals surface area contributed by atoms with Crippen molar-refractivity contribution in [2.24, 2.45) is 0 Å². The summed E-state index contributed by atoms with van der Waals surface area (Å²) in [5, 5.41) is 1.97. The molecule has 0 unspecified atom stereocenters. The Labute approximate surface area is 212 Å². The monoisotopic (exact) mass is 522 g/mol. The van der Waals surface area contributed by atoms with Crippen LogP contribution in [0.15, 0.2) is 44.0 Å². The second-order valence-corrected chi connectivity index (χ2v) is 10.2. The highest BCUT2D eigenvalue weighted by atomic mass is 32.2. The highest BCUT2D eigenvalue weighted by molar-refractivity contribution is 8.14. The van der Waals surface area contributed by atoms with Gasteiger partial charge in [0.1, 0.15) is 12.6 Å². The largest absolute Gasteiger partial charge is 0.519 e. The Hall–Kier alpha value is -3.09. The summed E-state index contributed by atoms with van der Waals surface area (Å²) in [5.74, 6) is -1.76. The van der Waals surface area contributed by atoms with Gasteiger partial charge in [-0.05, 0) is 44.7 Å². The highest BCUT2D eigenvalue weighted by Gasteiger charge is 2.41. The Balaban J connectivity index is 1.65. The number of hydrogen-bond donors (Lipinski definition) is 1. The van der Waals surface area contributed by atoms with Gasteiger partial charge in [-0.25, -0.2) is 14.4 Å². The second-order valence-electron chi connectivity index (χ2n) is 8.57. The molecule has 0 bridgehead atoms. The van der Waals surface area contributed by atoms with Gasteiger partial charge in [-0.1, -0.05) is 18.2 Å². The first-order chi connectivity index (χ1) is 17.2. The molecule has 1 aliphatic heterocycles. The third-order valence-electron chi connectivity index (χ3n) is 5.50.